The molecular weight excluding hydrogens is 156 g/mol. The number of aromatic nitrogens is 2. The van der Waals surface area contributed by atoms with E-state index in [9.17, 15) is 0 Å². The maximum absolute atomic E-state index is 3.96. The molecule has 1 aromatic carbocycles. The van der Waals surface area contributed by atoms with Crippen molar-refractivity contribution in [2.24, 2.45) is 0 Å². The van der Waals surface area contributed by atoms with Gasteiger partial charge in [-0.25, -0.2) is 0 Å². The van der Waals surface area contributed by atoms with Crippen LogP contribution < -0.4 is 0 Å². The Kier molecular flexibility index (Phi) is 1.58. The highest BCUT2D eigenvalue weighted by atomic mass is 32.1. The SMILES string of the molecule is CCc1ccc2nnsc2c1. The Labute approximate surface area is 69.0 Å². The summed E-state index contributed by atoms with van der Waals surface area (Å²) in [7, 11) is 0. The summed E-state index contributed by atoms with van der Waals surface area (Å²) in [5, 5.41) is 3.96. The van der Waals surface area contributed by atoms with Gasteiger partial charge in [-0.05, 0) is 35.6 Å². The second-order valence-corrected chi connectivity index (χ2v) is 3.21. The molecule has 56 valence electrons. The summed E-state index contributed by atoms with van der Waals surface area (Å²) < 4.78 is 5.05. The van der Waals surface area contributed by atoms with Crippen LogP contribution in [-0.4, -0.2) is 9.59 Å². The smallest absolute Gasteiger partial charge is 0.105 e. The Morgan fingerprint density at radius 3 is 3.18 bits per heavy atom. The summed E-state index contributed by atoms with van der Waals surface area (Å²) in [5.74, 6) is 0. The predicted octanol–water partition coefficient (Wildman–Crippen LogP) is 2.25. The van der Waals surface area contributed by atoms with E-state index < -0.39 is 0 Å². The first-order chi connectivity index (χ1) is 5.40. The van der Waals surface area contributed by atoms with Gasteiger partial charge in [0.2, 0.25) is 0 Å². The van der Waals surface area contributed by atoms with Crippen LogP contribution in [0.25, 0.3) is 10.2 Å². The van der Waals surface area contributed by atoms with Gasteiger partial charge in [0, 0.05) is 0 Å². The fourth-order valence-corrected chi connectivity index (χ4v) is 1.67. The molecule has 2 nitrogen and oxygen atoms in total. The van der Waals surface area contributed by atoms with Crippen LogP contribution in [0.3, 0.4) is 0 Å². The van der Waals surface area contributed by atoms with Crippen molar-refractivity contribution >= 4 is 21.7 Å². The number of aryl methyl sites for hydroxylation is 1. The van der Waals surface area contributed by atoms with Crippen molar-refractivity contribution in [2.45, 2.75) is 13.3 Å². The first kappa shape index (κ1) is 6.73. The van der Waals surface area contributed by atoms with E-state index in [0.717, 1.165) is 11.9 Å². The number of benzene rings is 1. The number of fused-ring (bicyclic) bond motifs is 1. The van der Waals surface area contributed by atoms with E-state index in [1.165, 1.54) is 21.8 Å². The molecule has 0 radical (unpaired) electrons. The van der Waals surface area contributed by atoms with Crippen molar-refractivity contribution in [1.29, 1.82) is 0 Å². The van der Waals surface area contributed by atoms with Gasteiger partial charge in [0.25, 0.3) is 0 Å². The van der Waals surface area contributed by atoms with Gasteiger partial charge in [0.15, 0.2) is 0 Å². The van der Waals surface area contributed by atoms with Crippen LogP contribution >= 0.6 is 11.5 Å². The minimum absolute atomic E-state index is 1.01. The summed E-state index contributed by atoms with van der Waals surface area (Å²) in [4.78, 5) is 0. The van der Waals surface area contributed by atoms with Crippen molar-refractivity contribution in [3.8, 4) is 0 Å². The van der Waals surface area contributed by atoms with Crippen LogP contribution in [0.15, 0.2) is 18.2 Å². The third kappa shape index (κ3) is 1.12. The lowest BCUT2D eigenvalue weighted by molar-refractivity contribution is 1.14. The second-order valence-electron chi connectivity index (χ2n) is 2.43. The van der Waals surface area contributed by atoms with Crippen molar-refractivity contribution in [3.63, 3.8) is 0 Å². The van der Waals surface area contributed by atoms with Gasteiger partial charge in [-0.3, -0.25) is 0 Å². The molecule has 0 amide bonds. The van der Waals surface area contributed by atoms with Gasteiger partial charge >= 0.3 is 0 Å². The molecule has 0 bridgehead atoms. The van der Waals surface area contributed by atoms with E-state index in [1.807, 2.05) is 6.07 Å². The Balaban J connectivity index is 2.67. The first-order valence-corrected chi connectivity index (χ1v) is 4.38. The van der Waals surface area contributed by atoms with Crippen LogP contribution in [0.1, 0.15) is 12.5 Å². The quantitative estimate of drug-likeness (QED) is 0.646. The van der Waals surface area contributed by atoms with Crippen LogP contribution in [0.5, 0.6) is 0 Å². The number of rotatable bonds is 1. The summed E-state index contributed by atoms with van der Waals surface area (Å²) in [6.45, 7) is 2.15. The molecule has 0 spiro atoms. The van der Waals surface area contributed by atoms with Gasteiger partial charge in [-0.2, -0.15) is 0 Å². The van der Waals surface area contributed by atoms with Crippen LogP contribution in [0, 0.1) is 0 Å². The standard InChI is InChI=1S/C8H8N2S/c1-2-6-3-4-7-8(5-6)11-10-9-7/h3-5H,2H2,1H3. The summed E-state index contributed by atoms with van der Waals surface area (Å²) in [6, 6.07) is 6.28. The van der Waals surface area contributed by atoms with Crippen LogP contribution in [-0.2, 0) is 6.42 Å². The molecule has 0 aliphatic heterocycles. The molecular formula is C8H8N2S. The number of hydrogen-bond acceptors (Lipinski definition) is 3. The van der Waals surface area contributed by atoms with Gasteiger partial charge in [-0.1, -0.05) is 17.5 Å². The van der Waals surface area contributed by atoms with E-state index in [1.54, 1.807) is 0 Å². The molecule has 0 atom stereocenters. The molecule has 0 fully saturated rings. The highest BCUT2D eigenvalue weighted by Crippen LogP contribution is 2.16. The molecule has 1 heterocycles. The predicted molar refractivity (Wildman–Crippen MR) is 46.8 cm³/mol. The van der Waals surface area contributed by atoms with E-state index in [0.29, 0.717) is 0 Å². The zero-order chi connectivity index (χ0) is 7.68. The maximum Gasteiger partial charge on any atom is 0.105 e. The Morgan fingerprint density at radius 2 is 2.36 bits per heavy atom. The zero-order valence-electron chi connectivity index (χ0n) is 6.24. The third-order valence-electron chi connectivity index (χ3n) is 1.72. The van der Waals surface area contributed by atoms with Crippen LogP contribution in [0.4, 0.5) is 0 Å². The lowest BCUT2D eigenvalue weighted by Gasteiger charge is -1.92. The molecule has 0 saturated carbocycles. The molecule has 0 saturated heterocycles. The minimum Gasteiger partial charge on any atom is -0.138 e. The highest BCUT2D eigenvalue weighted by molar-refractivity contribution is 7.12. The molecule has 0 unspecified atom stereocenters. The van der Waals surface area contributed by atoms with Crippen LogP contribution in [0.2, 0.25) is 0 Å². The highest BCUT2D eigenvalue weighted by Gasteiger charge is 1.97. The first-order valence-electron chi connectivity index (χ1n) is 3.61. The van der Waals surface area contributed by atoms with Crippen molar-refractivity contribution in [1.82, 2.24) is 9.59 Å². The average molecular weight is 164 g/mol. The number of nitrogens with zero attached hydrogens (tertiary/aromatic N) is 2. The summed E-state index contributed by atoms with van der Waals surface area (Å²) in [6.07, 6.45) is 1.08. The molecule has 0 aliphatic carbocycles. The molecule has 2 aromatic rings. The van der Waals surface area contributed by atoms with E-state index in [4.69, 9.17) is 0 Å². The fourth-order valence-electron chi connectivity index (χ4n) is 1.04. The van der Waals surface area contributed by atoms with E-state index in [2.05, 4.69) is 28.6 Å². The van der Waals surface area contributed by atoms with E-state index in [-0.39, 0.29) is 0 Å². The monoisotopic (exact) mass is 164 g/mol. The summed E-state index contributed by atoms with van der Waals surface area (Å²) in [5.41, 5.74) is 2.36. The summed E-state index contributed by atoms with van der Waals surface area (Å²) >= 11 is 1.46. The average Bonchev–Trinajstić information content (AvgIpc) is 2.50. The molecule has 11 heavy (non-hydrogen) atoms. The topological polar surface area (TPSA) is 25.8 Å². The zero-order valence-corrected chi connectivity index (χ0v) is 7.06. The lowest BCUT2D eigenvalue weighted by Crippen LogP contribution is -1.77. The van der Waals surface area contributed by atoms with Gasteiger partial charge in [0.05, 0.1) is 4.70 Å². The minimum atomic E-state index is 1.01. The number of hydrogen-bond donors (Lipinski definition) is 0. The fraction of sp³-hybridized carbons (Fsp3) is 0.250. The lowest BCUT2D eigenvalue weighted by atomic mass is 10.2. The Hall–Kier alpha value is -0.960. The van der Waals surface area contributed by atoms with E-state index >= 15 is 0 Å². The van der Waals surface area contributed by atoms with Crippen molar-refractivity contribution in [2.75, 3.05) is 0 Å². The normalized spacial score (nSPS) is 10.6. The van der Waals surface area contributed by atoms with Gasteiger partial charge in [0.1, 0.15) is 5.52 Å². The molecule has 2 rings (SSSR count). The third-order valence-corrected chi connectivity index (χ3v) is 2.41. The van der Waals surface area contributed by atoms with Crippen molar-refractivity contribution in [3.05, 3.63) is 23.8 Å². The molecule has 1 aromatic heterocycles. The maximum atomic E-state index is 3.96. The molecule has 0 N–H and O–H groups in total. The second kappa shape index (κ2) is 2.58. The van der Waals surface area contributed by atoms with Crippen molar-refractivity contribution < 1.29 is 0 Å². The largest absolute Gasteiger partial charge is 0.138 e. The molecule has 0 aliphatic rings. The molecule has 3 heteroatoms. The van der Waals surface area contributed by atoms with Gasteiger partial charge in [-0.15, -0.1) is 5.10 Å². The Morgan fingerprint density at radius 1 is 1.45 bits per heavy atom. The van der Waals surface area contributed by atoms with Gasteiger partial charge < -0.3 is 0 Å². The Bertz CT molecular complexity index is 367.